The topological polar surface area (TPSA) is 75.9 Å². The van der Waals surface area contributed by atoms with E-state index in [4.69, 9.17) is 0 Å². The number of benzene rings is 2. The Morgan fingerprint density at radius 2 is 1.70 bits per heavy atom. The number of hydrogen-bond donors (Lipinski definition) is 1. The maximum absolute atomic E-state index is 13.1. The fourth-order valence-electron chi connectivity index (χ4n) is 3.15. The largest absolute Gasteiger partial charge is 0.377 e. The Kier molecular flexibility index (Phi) is 5.52. The molecular weight excluding hydrogens is 376 g/mol. The number of pyridine rings is 1. The van der Waals surface area contributed by atoms with Crippen LogP contribution in [0.5, 0.6) is 0 Å². The monoisotopic (exact) mass is 398 g/mol. The first-order valence-electron chi connectivity index (χ1n) is 9.61. The summed E-state index contributed by atoms with van der Waals surface area (Å²) >= 11 is 0. The van der Waals surface area contributed by atoms with Crippen molar-refractivity contribution in [3.63, 3.8) is 0 Å². The molecule has 2 aromatic carbocycles. The van der Waals surface area contributed by atoms with Crippen LogP contribution in [0.1, 0.15) is 15.9 Å². The summed E-state index contributed by atoms with van der Waals surface area (Å²) < 4.78 is 1.30. The van der Waals surface area contributed by atoms with E-state index in [-0.39, 0.29) is 5.91 Å². The molecule has 2 heterocycles. The van der Waals surface area contributed by atoms with Gasteiger partial charge in [-0.15, -0.1) is 5.10 Å². The first kappa shape index (κ1) is 19.3. The highest BCUT2D eigenvalue weighted by Crippen LogP contribution is 2.21. The second-order valence-corrected chi connectivity index (χ2v) is 6.93. The summed E-state index contributed by atoms with van der Waals surface area (Å²) in [5.41, 5.74) is 3.32. The first-order valence-corrected chi connectivity index (χ1v) is 9.61. The number of anilines is 2. The van der Waals surface area contributed by atoms with Crippen LogP contribution >= 0.6 is 0 Å². The van der Waals surface area contributed by atoms with Crippen LogP contribution in [0.25, 0.3) is 11.5 Å². The Labute approximate surface area is 175 Å². The lowest BCUT2D eigenvalue weighted by Crippen LogP contribution is -2.18. The zero-order valence-electron chi connectivity index (χ0n) is 16.9. The lowest BCUT2D eigenvalue weighted by Gasteiger charge is -2.17. The maximum atomic E-state index is 13.1. The summed E-state index contributed by atoms with van der Waals surface area (Å²) in [5.74, 6) is 0.509. The van der Waals surface area contributed by atoms with E-state index in [9.17, 15) is 4.79 Å². The van der Waals surface area contributed by atoms with Crippen molar-refractivity contribution in [1.29, 1.82) is 0 Å². The second-order valence-electron chi connectivity index (χ2n) is 6.93. The molecule has 0 amide bonds. The van der Waals surface area contributed by atoms with Crippen LogP contribution in [0.2, 0.25) is 0 Å². The standard InChI is InChI=1S/C23H22N6O/c1-28(2)20-14-7-6-12-18(20)16-25-23-26-21(19-13-8-9-15-24-19)27-29(23)22(30)17-10-4-3-5-11-17/h3-15H,16H2,1-2H3,(H,25,26,27). The summed E-state index contributed by atoms with van der Waals surface area (Å²) in [6.45, 7) is 0.497. The zero-order chi connectivity index (χ0) is 20.9. The molecule has 0 bridgehead atoms. The Balaban J connectivity index is 1.69. The summed E-state index contributed by atoms with van der Waals surface area (Å²) in [4.78, 5) is 24.0. The van der Waals surface area contributed by atoms with Gasteiger partial charge in [0.2, 0.25) is 11.8 Å². The molecule has 1 N–H and O–H groups in total. The molecule has 0 aliphatic rings. The quantitative estimate of drug-likeness (QED) is 0.534. The highest BCUT2D eigenvalue weighted by atomic mass is 16.2. The smallest absolute Gasteiger partial charge is 0.281 e. The van der Waals surface area contributed by atoms with Gasteiger partial charge in [0.15, 0.2) is 0 Å². The lowest BCUT2D eigenvalue weighted by molar-refractivity contribution is 0.0947. The van der Waals surface area contributed by atoms with E-state index < -0.39 is 0 Å². The third kappa shape index (κ3) is 4.05. The van der Waals surface area contributed by atoms with Gasteiger partial charge in [-0.2, -0.15) is 9.67 Å². The van der Waals surface area contributed by atoms with Crippen molar-refractivity contribution in [2.24, 2.45) is 0 Å². The molecule has 2 aromatic heterocycles. The summed E-state index contributed by atoms with van der Waals surface area (Å²) in [6, 6.07) is 22.6. The van der Waals surface area contributed by atoms with Crippen LogP contribution in [-0.2, 0) is 6.54 Å². The van der Waals surface area contributed by atoms with Crippen molar-refractivity contribution in [2.75, 3.05) is 24.3 Å². The molecular formula is C23H22N6O. The predicted molar refractivity (Wildman–Crippen MR) is 118 cm³/mol. The molecule has 0 radical (unpaired) electrons. The highest BCUT2D eigenvalue weighted by molar-refractivity contribution is 5.97. The lowest BCUT2D eigenvalue weighted by atomic mass is 10.1. The van der Waals surface area contributed by atoms with Crippen LogP contribution in [0, 0.1) is 0 Å². The van der Waals surface area contributed by atoms with Gasteiger partial charge in [-0.25, -0.2) is 0 Å². The number of nitrogens with one attached hydrogen (secondary N) is 1. The van der Waals surface area contributed by atoms with Crippen molar-refractivity contribution in [2.45, 2.75) is 6.54 Å². The third-order valence-corrected chi connectivity index (χ3v) is 4.62. The van der Waals surface area contributed by atoms with Crippen LogP contribution in [0.4, 0.5) is 11.6 Å². The van der Waals surface area contributed by atoms with Gasteiger partial charge in [0.05, 0.1) is 0 Å². The fourth-order valence-corrected chi connectivity index (χ4v) is 3.15. The fraction of sp³-hybridized carbons (Fsp3) is 0.130. The Morgan fingerprint density at radius 1 is 0.967 bits per heavy atom. The third-order valence-electron chi connectivity index (χ3n) is 4.62. The van der Waals surface area contributed by atoms with Crippen LogP contribution in [0.15, 0.2) is 79.0 Å². The highest BCUT2D eigenvalue weighted by Gasteiger charge is 2.19. The minimum absolute atomic E-state index is 0.256. The Morgan fingerprint density at radius 3 is 2.43 bits per heavy atom. The van der Waals surface area contributed by atoms with Crippen molar-refractivity contribution < 1.29 is 4.79 Å². The van der Waals surface area contributed by atoms with Crippen LogP contribution < -0.4 is 10.2 Å². The molecule has 0 unspecified atom stereocenters. The molecule has 0 spiro atoms. The van der Waals surface area contributed by atoms with Gasteiger partial charge >= 0.3 is 0 Å². The van der Waals surface area contributed by atoms with Gasteiger partial charge in [0, 0.05) is 38.1 Å². The molecule has 4 aromatic rings. The van der Waals surface area contributed by atoms with Crippen molar-refractivity contribution in [3.05, 3.63) is 90.1 Å². The second kappa shape index (κ2) is 8.57. The molecule has 0 fully saturated rings. The zero-order valence-corrected chi connectivity index (χ0v) is 16.9. The molecule has 7 nitrogen and oxygen atoms in total. The summed E-state index contributed by atoms with van der Waals surface area (Å²) in [5, 5.41) is 7.73. The maximum Gasteiger partial charge on any atom is 0.281 e. The van der Waals surface area contributed by atoms with Crippen LogP contribution in [-0.4, -0.2) is 39.8 Å². The molecule has 150 valence electrons. The van der Waals surface area contributed by atoms with Crippen LogP contribution in [0.3, 0.4) is 0 Å². The van der Waals surface area contributed by atoms with Gasteiger partial charge in [-0.1, -0.05) is 42.5 Å². The molecule has 0 saturated heterocycles. The van der Waals surface area contributed by atoms with Gasteiger partial charge < -0.3 is 10.2 Å². The number of nitrogens with zero attached hydrogens (tertiary/aromatic N) is 5. The molecule has 7 heteroatoms. The van der Waals surface area contributed by atoms with E-state index in [0.717, 1.165) is 11.3 Å². The average Bonchev–Trinajstić information content (AvgIpc) is 3.23. The number of rotatable bonds is 6. The van der Waals surface area contributed by atoms with E-state index in [1.54, 1.807) is 18.3 Å². The molecule has 4 rings (SSSR count). The summed E-state index contributed by atoms with van der Waals surface area (Å²) in [6.07, 6.45) is 1.68. The van der Waals surface area contributed by atoms with E-state index in [2.05, 4.69) is 31.3 Å². The predicted octanol–water partition coefficient (Wildman–Crippen LogP) is 3.71. The number of para-hydroxylation sites is 1. The summed E-state index contributed by atoms with van der Waals surface area (Å²) in [7, 11) is 4.00. The molecule has 0 aliphatic heterocycles. The number of aromatic nitrogens is 4. The molecule has 0 aliphatic carbocycles. The minimum atomic E-state index is -0.256. The van der Waals surface area contributed by atoms with Gasteiger partial charge in [-0.3, -0.25) is 9.78 Å². The van der Waals surface area contributed by atoms with Crippen molar-refractivity contribution in [1.82, 2.24) is 19.7 Å². The number of carbonyl (C=O) groups is 1. The SMILES string of the molecule is CN(C)c1ccccc1CNc1nc(-c2ccccn2)nn1C(=O)c1ccccc1. The number of carbonyl (C=O) groups excluding carboxylic acids is 1. The molecule has 0 saturated carbocycles. The van der Waals surface area contributed by atoms with E-state index >= 15 is 0 Å². The van der Waals surface area contributed by atoms with Gasteiger partial charge in [-0.05, 0) is 35.9 Å². The molecule has 30 heavy (non-hydrogen) atoms. The number of hydrogen-bond acceptors (Lipinski definition) is 6. The Hall–Kier alpha value is -4.00. The normalized spacial score (nSPS) is 10.6. The van der Waals surface area contributed by atoms with E-state index in [0.29, 0.717) is 29.6 Å². The first-order chi connectivity index (χ1) is 14.6. The van der Waals surface area contributed by atoms with E-state index in [1.165, 1.54) is 4.68 Å². The minimum Gasteiger partial charge on any atom is -0.377 e. The van der Waals surface area contributed by atoms with Gasteiger partial charge in [0.25, 0.3) is 5.91 Å². The van der Waals surface area contributed by atoms with Crippen molar-refractivity contribution in [3.8, 4) is 11.5 Å². The average molecular weight is 398 g/mol. The molecule has 0 atom stereocenters. The van der Waals surface area contributed by atoms with E-state index in [1.807, 2.05) is 68.7 Å². The van der Waals surface area contributed by atoms with Crippen molar-refractivity contribution >= 4 is 17.5 Å². The van der Waals surface area contributed by atoms with Gasteiger partial charge in [0.1, 0.15) is 5.69 Å². The Bertz CT molecular complexity index is 1140.